The van der Waals surface area contributed by atoms with E-state index < -0.39 is 22.8 Å². The van der Waals surface area contributed by atoms with E-state index in [1.54, 1.807) is 0 Å². The molecule has 0 aliphatic carbocycles. The SMILES string of the molecule is O=S([O-])OS(=O)F. The van der Waals surface area contributed by atoms with Crippen LogP contribution in [0.1, 0.15) is 0 Å². The fourth-order valence-corrected chi connectivity index (χ4v) is 0.393. The molecule has 0 radical (unpaired) electrons. The van der Waals surface area contributed by atoms with Gasteiger partial charge in [0.05, 0.1) is 0 Å². The summed E-state index contributed by atoms with van der Waals surface area (Å²) in [6.45, 7) is 0. The van der Waals surface area contributed by atoms with Gasteiger partial charge < -0.3 is 4.55 Å². The minimum Gasteiger partial charge on any atom is -0.749 e. The van der Waals surface area contributed by atoms with Gasteiger partial charge in [0.15, 0.2) is 0 Å². The maximum absolute atomic E-state index is 10.8. The summed E-state index contributed by atoms with van der Waals surface area (Å²) in [7, 11) is 0. The van der Waals surface area contributed by atoms with Crippen molar-refractivity contribution in [3.05, 3.63) is 0 Å². The molecule has 0 aliphatic rings. The van der Waals surface area contributed by atoms with Crippen molar-refractivity contribution in [2.24, 2.45) is 0 Å². The van der Waals surface area contributed by atoms with Gasteiger partial charge in [-0.1, -0.05) is 0 Å². The van der Waals surface area contributed by atoms with Crippen LogP contribution in [0.3, 0.4) is 0 Å². The monoisotopic (exact) mass is 147 g/mol. The zero-order chi connectivity index (χ0) is 5.86. The Labute approximate surface area is 44.1 Å². The number of hydrogen-bond donors (Lipinski definition) is 0. The molecule has 0 spiro atoms. The molecule has 2 unspecified atom stereocenters. The third-order valence-electron chi connectivity index (χ3n) is 0.109. The summed E-state index contributed by atoms with van der Waals surface area (Å²) in [6.07, 6.45) is 0. The molecule has 0 rings (SSSR count). The van der Waals surface area contributed by atoms with Crippen LogP contribution in [-0.4, -0.2) is 13.0 Å². The van der Waals surface area contributed by atoms with E-state index >= 15 is 0 Å². The lowest BCUT2D eigenvalue weighted by molar-refractivity contribution is 0.440. The van der Waals surface area contributed by atoms with E-state index in [1.807, 2.05) is 0 Å². The summed E-state index contributed by atoms with van der Waals surface area (Å²) in [5.41, 5.74) is 0. The first-order valence-electron chi connectivity index (χ1n) is 0.988. The normalized spacial score (nSPS) is 18.6. The van der Waals surface area contributed by atoms with E-state index in [0.29, 0.717) is 0 Å². The topological polar surface area (TPSA) is 66.4 Å². The fourth-order valence-electron chi connectivity index (χ4n) is 0.0437. The molecular weight excluding hydrogens is 147 g/mol. The predicted octanol–water partition coefficient (Wildman–Crippen LogP) is -0.655. The van der Waals surface area contributed by atoms with Crippen molar-refractivity contribution in [1.29, 1.82) is 0 Å². The molecule has 0 aromatic heterocycles. The Balaban J connectivity index is 3.32. The van der Waals surface area contributed by atoms with Gasteiger partial charge in [0, 0.05) is 0 Å². The summed E-state index contributed by atoms with van der Waals surface area (Å²) >= 11 is -6.23. The molecule has 0 N–H and O–H groups in total. The van der Waals surface area contributed by atoms with Crippen LogP contribution in [0.2, 0.25) is 0 Å². The van der Waals surface area contributed by atoms with Gasteiger partial charge in [0.1, 0.15) is 11.4 Å². The highest BCUT2D eigenvalue weighted by Gasteiger charge is 1.91. The lowest BCUT2D eigenvalue weighted by Crippen LogP contribution is -1.93. The molecule has 0 amide bonds. The molecule has 0 aromatic carbocycles. The third kappa shape index (κ3) is 6.15. The minimum atomic E-state index is -3.21. The highest BCUT2D eigenvalue weighted by molar-refractivity contribution is 7.88. The van der Waals surface area contributed by atoms with Crippen LogP contribution in [0.25, 0.3) is 0 Å². The van der Waals surface area contributed by atoms with E-state index in [9.17, 15) is 3.89 Å². The Hall–Kier alpha value is 0.150. The molecular formula is FO4S2-. The van der Waals surface area contributed by atoms with Crippen LogP contribution in [-0.2, 0) is 26.5 Å². The smallest absolute Gasteiger partial charge is 0.358 e. The second kappa shape index (κ2) is 3.19. The Morgan fingerprint density at radius 1 is 1.57 bits per heavy atom. The highest BCUT2D eigenvalue weighted by atomic mass is 32.3. The van der Waals surface area contributed by atoms with Gasteiger partial charge in [-0.2, -0.15) is 7.84 Å². The molecule has 7 heteroatoms. The van der Waals surface area contributed by atoms with Crippen molar-refractivity contribution < 1.29 is 20.5 Å². The second-order valence-electron chi connectivity index (χ2n) is 0.466. The van der Waals surface area contributed by atoms with Crippen molar-refractivity contribution in [1.82, 2.24) is 0 Å². The summed E-state index contributed by atoms with van der Waals surface area (Å²) in [5, 5.41) is 0. The molecule has 44 valence electrons. The van der Waals surface area contributed by atoms with Crippen LogP contribution in [0, 0.1) is 0 Å². The Kier molecular flexibility index (Phi) is 3.26. The lowest BCUT2D eigenvalue weighted by atomic mass is 15.8. The quantitative estimate of drug-likeness (QED) is 0.384. The van der Waals surface area contributed by atoms with Crippen molar-refractivity contribution in [2.75, 3.05) is 0 Å². The van der Waals surface area contributed by atoms with Crippen molar-refractivity contribution in [3.63, 3.8) is 0 Å². The summed E-state index contributed by atoms with van der Waals surface area (Å²) in [6, 6.07) is 0. The Morgan fingerprint density at radius 3 is 2.00 bits per heavy atom. The van der Waals surface area contributed by atoms with Gasteiger partial charge in [-0.25, -0.2) is 4.21 Å². The Bertz CT molecular complexity index is 85.9. The molecule has 0 saturated carbocycles. The molecule has 0 fully saturated rings. The lowest BCUT2D eigenvalue weighted by Gasteiger charge is -1.94. The zero-order valence-corrected chi connectivity index (χ0v) is 4.46. The summed E-state index contributed by atoms with van der Waals surface area (Å²) < 4.78 is 41.2. The predicted molar refractivity (Wildman–Crippen MR) is 19.3 cm³/mol. The van der Waals surface area contributed by atoms with E-state index in [0.717, 1.165) is 0 Å². The average molecular weight is 147 g/mol. The van der Waals surface area contributed by atoms with Gasteiger partial charge >= 0.3 is 11.5 Å². The molecule has 0 heterocycles. The van der Waals surface area contributed by atoms with Crippen LogP contribution >= 0.6 is 0 Å². The average Bonchev–Trinajstić information content (AvgIpc) is 1.27. The number of hydrogen-bond acceptors (Lipinski definition) is 4. The minimum absolute atomic E-state index is 2.97. The van der Waals surface area contributed by atoms with Crippen LogP contribution in [0.15, 0.2) is 0 Å². The first kappa shape index (κ1) is 7.15. The molecule has 0 aliphatic heterocycles. The van der Waals surface area contributed by atoms with E-state index in [-0.39, 0.29) is 0 Å². The molecule has 4 nitrogen and oxygen atoms in total. The molecule has 7 heavy (non-hydrogen) atoms. The molecule has 0 saturated heterocycles. The highest BCUT2D eigenvalue weighted by Crippen LogP contribution is 1.86. The first-order valence-corrected chi connectivity index (χ1v) is 2.96. The molecule has 0 bridgehead atoms. The zero-order valence-electron chi connectivity index (χ0n) is 2.83. The van der Waals surface area contributed by atoms with Gasteiger partial charge in [-0.3, -0.25) is 0 Å². The van der Waals surface area contributed by atoms with E-state index in [2.05, 4.69) is 3.63 Å². The van der Waals surface area contributed by atoms with Gasteiger partial charge in [-0.15, -0.1) is 3.89 Å². The molecule has 2 atom stereocenters. The standard InChI is InChI=1S/FHO4S2/c1-6(2)5-7(3)4/h(H,3,4)/p-1. The van der Waals surface area contributed by atoms with Gasteiger partial charge in [0.2, 0.25) is 0 Å². The number of rotatable bonds is 2. The Morgan fingerprint density at radius 2 is 2.00 bits per heavy atom. The van der Waals surface area contributed by atoms with E-state index in [1.165, 1.54) is 0 Å². The van der Waals surface area contributed by atoms with Crippen LogP contribution in [0.5, 0.6) is 0 Å². The van der Waals surface area contributed by atoms with Crippen LogP contribution in [0.4, 0.5) is 3.89 Å². The summed E-state index contributed by atoms with van der Waals surface area (Å²) in [5.74, 6) is 0. The number of halogens is 1. The van der Waals surface area contributed by atoms with Gasteiger partial charge in [0.25, 0.3) is 0 Å². The second-order valence-corrected chi connectivity index (χ2v) is 1.81. The van der Waals surface area contributed by atoms with Crippen LogP contribution < -0.4 is 0 Å². The maximum Gasteiger partial charge on any atom is 0.358 e. The van der Waals surface area contributed by atoms with E-state index in [4.69, 9.17) is 13.0 Å². The fraction of sp³-hybridized carbons (Fsp3) is 0. The van der Waals surface area contributed by atoms with Crippen molar-refractivity contribution >= 4 is 22.8 Å². The van der Waals surface area contributed by atoms with Gasteiger partial charge in [-0.05, 0) is 0 Å². The molecule has 0 aromatic rings. The third-order valence-corrected chi connectivity index (χ3v) is 0.981. The summed E-state index contributed by atoms with van der Waals surface area (Å²) in [4.78, 5) is 0. The largest absolute Gasteiger partial charge is 0.749 e. The maximum atomic E-state index is 10.8. The van der Waals surface area contributed by atoms with Crippen molar-refractivity contribution in [2.45, 2.75) is 0 Å². The first-order chi connectivity index (χ1) is 3.13. The van der Waals surface area contributed by atoms with Crippen molar-refractivity contribution in [3.8, 4) is 0 Å².